The molecule has 2 aliphatic rings. The largest absolute Gasteiger partial charge is 0.490 e. The number of rotatable bonds is 7. The molecule has 2 heterocycles. The van der Waals surface area contributed by atoms with Gasteiger partial charge in [0.05, 0.1) is 16.0 Å². The summed E-state index contributed by atoms with van der Waals surface area (Å²) in [7, 11) is -1.58. The quantitative estimate of drug-likeness (QED) is 0.555. The number of nitrogens with zero attached hydrogens (tertiary/aromatic N) is 1. The number of hydroxylamine groups is 1. The summed E-state index contributed by atoms with van der Waals surface area (Å²) in [5, 5.41) is 0. The molecule has 0 bridgehead atoms. The van der Waals surface area contributed by atoms with Crippen LogP contribution in [-0.4, -0.2) is 46.5 Å². The maximum absolute atomic E-state index is 13.3. The van der Waals surface area contributed by atoms with E-state index in [2.05, 4.69) is 5.48 Å². The van der Waals surface area contributed by atoms with Crippen LogP contribution >= 0.6 is 0 Å². The van der Waals surface area contributed by atoms with Crippen LogP contribution in [0.1, 0.15) is 48.0 Å². The molecule has 2 atom stereocenters. The van der Waals surface area contributed by atoms with Crippen LogP contribution in [0.2, 0.25) is 0 Å². The zero-order valence-electron chi connectivity index (χ0n) is 19.0. The van der Waals surface area contributed by atoms with Gasteiger partial charge in [-0.2, -0.15) is 13.2 Å². The first-order valence-electron chi connectivity index (χ1n) is 11.5. The number of benzene rings is 2. The highest BCUT2D eigenvalue weighted by atomic mass is 32.2. The molecule has 2 aromatic carbocycles. The van der Waals surface area contributed by atoms with Gasteiger partial charge in [0.2, 0.25) is 0 Å². The molecule has 0 aromatic heterocycles. The Morgan fingerprint density at radius 2 is 1.74 bits per heavy atom. The van der Waals surface area contributed by atoms with Gasteiger partial charge in [0, 0.05) is 26.1 Å². The molecule has 0 aliphatic carbocycles. The Morgan fingerprint density at radius 3 is 2.40 bits per heavy atom. The van der Waals surface area contributed by atoms with Gasteiger partial charge < -0.3 is 9.47 Å². The van der Waals surface area contributed by atoms with Gasteiger partial charge >= 0.3 is 6.18 Å². The molecule has 35 heavy (non-hydrogen) atoms. The Kier molecular flexibility index (Phi) is 8.42. The van der Waals surface area contributed by atoms with Crippen molar-refractivity contribution in [3.8, 4) is 5.75 Å². The van der Waals surface area contributed by atoms with Gasteiger partial charge in [-0.1, -0.05) is 12.1 Å². The van der Waals surface area contributed by atoms with Crippen molar-refractivity contribution in [3.63, 3.8) is 0 Å². The van der Waals surface area contributed by atoms with Crippen molar-refractivity contribution in [1.29, 1.82) is 0 Å². The van der Waals surface area contributed by atoms with E-state index in [-0.39, 0.29) is 11.7 Å². The lowest BCUT2D eigenvalue weighted by molar-refractivity contribution is -0.186. The van der Waals surface area contributed by atoms with Crippen molar-refractivity contribution in [2.75, 3.05) is 19.7 Å². The minimum Gasteiger partial charge on any atom is -0.490 e. The molecule has 11 heteroatoms. The Balaban J connectivity index is 1.31. The van der Waals surface area contributed by atoms with Crippen molar-refractivity contribution in [2.45, 2.75) is 55.6 Å². The van der Waals surface area contributed by atoms with E-state index in [0.717, 1.165) is 25.0 Å². The highest BCUT2D eigenvalue weighted by Gasteiger charge is 2.31. The summed E-state index contributed by atoms with van der Waals surface area (Å²) in [6.45, 7) is 1.47. The molecule has 1 N–H and O–H groups in total. The minimum absolute atomic E-state index is 0.206. The number of hydrogen-bond acceptors (Lipinski definition) is 5. The topological polar surface area (TPSA) is 77.1 Å². The number of alkyl halides is 3. The van der Waals surface area contributed by atoms with E-state index in [1.54, 1.807) is 28.6 Å². The summed E-state index contributed by atoms with van der Waals surface area (Å²) in [6.07, 6.45) is -1.39. The maximum atomic E-state index is 13.3. The summed E-state index contributed by atoms with van der Waals surface area (Å²) < 4.78 is 64.5. The lowest BCUT2D eigenvalue weighted by Gasteiger charge is -2.31. The van der Waals surface area contributed by atoms with E-state index in [4.69, 9.17) is 14.3 Å². The fourth-order valence-corrected chi connectivity index (χ4v) is 5.32. The first-order valence-corrected chi connectivity index (χ1v) is 12.6. The third kappa shape index (κ3) is 6.81. The Labute approximate surface area is 204 Å². The van der Waals surface area contributed by atoms with Crippen molar-refractivity contribution in [2.24, 2.45) is 0 Å². The lowest BCUT2D eigenvalue weighted by Crippen LogP contribution is -2.40. The SMILES string of the molecule is O=C(NOC1CCCCO1)c1ccccc1S(=O)N1CCC(Oc2ccc(C(F)(F)F)cc2)CC1. The average molecular weight is 513 g/mol. The molecule has 0 spiro atoms. The van der Waals surface area contributed by atoms with E-state index >= 15 is 0 Å². The number of halogens is 3. The van der Waals surface area contributed by atoms with Crippen molar-refractivity contribution < 1.29 is 36.5 Å². The standard InChI is InChI=1S/C24H27F3N2O5S/c25-24(26,27)17-8-10-18(11-9-17)33-19-12-14-29(15-13-19)35(31)21-6-2-1-5-20(21)23(30)28-34-22-7-3-4-16-32-22/h1-2,5-6,8-11,19,22H,3-4,7,12-16H2,(H,28,30). The normalized spacial score (nSPS) is 20.8. The predicted octanol–water partition coefficient (Wildman–Crippen LogP) is 4.46. The fraction of sp³-hybridized carbons (Fsp3) is 0.458. The number of carbonyl (C=O) groups is 1. The molecule has 2 aromatic rings. The van der Waals surface area contributed by atoms with E-state index in [9.17, 15) is 22.2 Å². The Morgan fingerprint density at radius 1 is 1.03 bits per heavy atom. The fourth-order valence-electron chi connectivity index (χ4n) is 3.95. The lowest BCUT2D eigenvalue weighted by atomic mass is 10.1. The third-order valence-electron chi connectivity index (χ3n) is 5.86. The number of nitrogens with one attached hydrogen (secondary N) is 1. The van der Waals surface area contributed by atoms with Gasteiger partial charge in [0.15, 0.2) is 6.29 Å². The molecule has 2 saturated heterocycles. The van der Waals surface area contributed by atoms with Gasteiger partial charge in [-0.15, -0.1) is 0 Å². The van der Waals surface area contributed by atoms with Gasteiger partial charge in [0.1, 0.15) is 22.8 Å². The van der Waals surface area contributed by atoms with Crippen LogP contribution in [0, 0.1) is 0 Å². The van der Waals surface area contributed by atoms with E-state index in [0.29, 0.717) is 49.6 Å². The highest BCUT2D eigenvalue weighted by molar-refractivity contribution is 7.82. The van der Waals surface area contributed by atoms with Crippen LogP contribution in [0.5, 0.6) is 5.75 Å². The Hall–Kier alpha value is -2.47. The molecule has 2 aliphatic heterocycles. The second-order valence-electron chi connectivity index (χ2n) is 8.36. The zero-order chi connectivity index (χ0) is 24.8. The second kappa shape index (κ2) is 11.5. The first-order chi connectivity index (χ1) is 16.8. The van der Waals surface area contributed by atoms with Crippen molar-refractivity contribution >= 4 is 16.9 Å². The molecule has 1 amide bonds. The third-order valence-corrected chi connectivity index (χ3v) is 7.43. The van der Waals surface area contributed by atoms with Crippen molar-refractivity contribution in [1.82, 2.24) is 9.79 Å². The molecular formula is C24H27F3N2O5S. The maximum Gasteiger partial charge on any atom is 0.416 e. The number of piperidine rings is 1. The van der Waals surface area contributed by atoms with Crippen LogP contribution in [0.4, 0.5) is 13.2 Å². The number of amides is 1. The summed E-state index contributed by atoms with van der Waals surface area (Å²) >= 11 is 0. The highest BCUT2D eigenvalue weighted by Crippen LogP contribution is 2.31. The predicted molar refractivity (Wildman–Crippen MR) is 122 cm³/mol. The van der Waals surface area contributed by atoms with Crippen molar-refractivity contribution in [3.05, 3.63) is 59.7 Å². The molecule has 4 rings (SSSR count). The van der Waals surface area contributed by atoms with Gasteiger partial charge in [-0.3, -0.25) is 4.79 Å². The first kappa shape index (κ1) is 25.6. The van der Waals surface area contributed by atoms with Crippen LogP contribution in [-0.2, 0) is 26.7 Å². The molecular weight excluding hydrogens is 485 g/mol. The zero-order valence-corrected chi connectivity index (χ0v) is 19.8. The number of carbonyl (C=O) groups excluding carboxylic acids is 1. The van der Waals surface area contributed by atoms with Crippen LogP contribution in [0.25, 0.3) is 0 Å². The van der Waals surface area contributed by atoms with Gasteiger partial charge in [-0.25, -0.2) is 18.8 Å². The van der Waals surface area contributed by atoms with E-state index in [1.165, 1.54) is 12.1 Å². The molecule has 0 saturated carbocycles. The summed E-state index contributed by atoms with van der Waals surface area (Å²) in [5.74, 6) is -0.134. The second-order valence-corrected chi connectivity index (χ2v) is 9.81. The summed E-state index contributed by atoms with van der Waals surface area (Å²) in [4.78, 5) is 18.4. The van der Waals surface area contributed by atoms with Gasteiger partial charge in [-0.05, 0) is 62.1 Å². The monoisotopic (exact) mass is 512 g/mol. The Bertz CT molecular complexity index is 1020. The smallest absolute Gasteiger partial charge is 0.416 e. The average Bonchev–Trinajstić information content (AvgIpc) is 2.88. The minimum atomic E-state index is -4.39. The van der Waals surface area contributed by atoms with E-state index in [1.807, 2.05) is 0 Å². The van der Waals surface area contributed by atoms with Gasteiger partial charge in [0.25, 0.3) is 5.91 Å². The molecule has 0 radical (unpaired) electrons. The van der Waals surface area contributed by atoms with Crippen LogP contribution in [0.3, 0.4) is 0 Å². The molecule has 2 fully saturated rings. The van der Waals surface area contributed by atoms with Crippen LogP contribution < -0.4 is 10.2 Å². The molecule has 7 nitrogen and oxygen atoms in total. The summed E-state index contributed by atoms with van der Waals surface area (Å²) in [5.41, 5.74) is 1.93. The van der Waals surface area contributed by atoms with Crippen LogP contribution in [0.15, 0.2) is 53.4 Å². The molecule has 190 valence electrons. The number of hydrogen-bond donors (Lipinski definition) is 1. The molecule has 2 unspecified atom stereocenters. The summed E-state index contributed by atoms with van der Waals surface area (Å²) in [6, 6.07) is 11.2. The number of ether oxygens (including phenoxy) is 2. The van der Waals surface area contributed by atoms with E-state index < -0.39 is 34.9 Å².